The number of nitrogens with zero attached hydrogens (tertiary/aromatic N) is 2. The highest BCUT2D eigenvalue weighted by Crippen LogP contribution is 2.22. The quantitative estimate of drug-likeness (QED) is 0.740. The van der Waals surface area contributed by atoms with Crippen LogP contribution in [0, 0.1) is 17.2 Å². The summed E-state index contributed by atoms with van der Waals surface area (Å²) in [5, 5.41) is 8.75. The Morgan fingerprint density at radius 2 is 2.05 bits per heavy atom. The fraction of sp³-hybridized carbons (Fsp3) is 0.438. The summed E-state index contributed by atoms with van der Waals surface area (Å²) in [5.41, 5.74) is 2.03. The van der Waals surface area contributed by atoms with Crippen molar-refractivity contribution in [3.8, 4) is 11.8 Å². The predicted octanol–water partition coefficient (Wildman–Crippen LogP) is 3.95. The van der Waals surface area contributed by atoms with Crippen LogP contribution in [0.2, 0.25) is 0 Å². The van der Waals surface area contributed by atoms with Gasteiger partial charge >= 0.3 is 0 Å². The van der Waals surface area contributed by atoms with Crippen LogP contribution in [-0.2, 0) is 0 Å². The molecule has 0 bridgehead atoms. The van der Waals surface area contributed by atoms with Crippen LogP contribution >= 0.6 is 22.6 Å². The van der Waals surface area contributed by atoms with Crippen LogP contribution in [0.25, 0.3) is 0 Å². The molecule has 1 aromatic rings. The molecule has 0 spiro atoms. The van der Waals surface area contributed by atoms with Gasteiger partial charge in [-0.2, -0.15) is 5.26 Å². The molecule has 0 N–H and O–H groups in total. The van der Waals surface area contributed by atoms with Crippen LogP contribution in [0.15, 0.2) is 34.0 Å². The second-order valence-electron chi connectivity index (χ2n) is 5.13. The van der Waals surface area contributed by atoms with Crippen molar-refractivity contribution in [1.29, 1.82) is 5.26 Å². The van der Waals surface area contributed by atoms with Gasteiger partial charge in [-0.15, -0.1) is 0 Å². The first kappa shape index (κ1) is 15.2. The third-order valence-corrected chi connectivity index (χ3v) is 4.64. The summed E-state index contributed by atoms with van der Waals surface area (Å²) in [5.74, 6) is 1.48. The number of likely N-dealkylation sites (tertiary alicyclic amines) is 1. The van der Waals surface area contributed by atoms with E-state index in [0.717, 1.165) is 25.4 Å². The fourth-order valence-electron chi connectivity index (χ4n) is 2.36. The van der Waals surface area contributed by atoms with Crippen LogP contribution in [0.3, 0.4) is 0 Å². The standard InChI is InChI=1S/C16H19IN2O/c1-13(10-17)19-8-6-15(7-9-19)12-20-16-4-2-14(11-18)3-5-16/h2-5,10,15H,6-9,12H2,1H3. The first-order chi connectivity index (χ1) is 9.72. The van der Waals surface area contributed by atoms with Crippen LogP contribution < -0.4 is 4.74 Å². The molecule has 3 nitrogen and oxygen atoms in total. The van der Waals surface area contributed by atoms with E-state index in [9.17, 15) is 0 Å². The molecule has 0 radical (unpaired) electrons. The number of nitriles is 1. The number of rotatable bonds is 4. The van der Waals surface area contributed by atoms with E-state index in [0.29, 0.717) is 11.5 Å². The summed E-state index contributed by atoms with van der Waals surface area (Å²) in [6.07, 6.45) is 2.36. The summed E-state index contributed by atoms with van der Waals surface area (Å²) in [6, 6.07) is 9.45. The SMILES string of the molecule is CC(=CI)N1CCC(COc2ccc(C#N)cc2)CC1. The second kappa shape index (κ2) is 7.53. The lowest BCUT2D eigenvalue weighted by Crippen LogP contribution is -2.34. The van der Waals surface area contributed by atoms with E-state index in [1.54, 1.807) is 12.1 Å². The lowest BCUT2D eigenvalue weighted by Gasteiger charge is -2.33. The largest absolute Gasteiger partial charge is 0.493 e. The molecular weight excluding hydrogens is 363 g/mol. The van der Waals surface area contributed by atoms with Crippen molar-refractivity contribution in [1.82, 2.24) is 4.90 Å². The molecule has 2 rings (SSSR count). The topological polar surface area (TPSA) is 36.3 Å². The number of allylic oxidation sites excluding steroid dienone is 1. The van der Waals surface area contributed by atoms with Gasteiger partial charge in [0, 0.05) is 18.8 Å². The Labute approximate surface area is 134 Å². The molecule has 0 atom stereocenters. The van der Waals surface area contributed by atoms with E-state index < -0.39 is 0 Å². The Bertz CT molecular complexity index is 496. The Kier molecular flexibility index (Phi) is 5.72. The van der Waals surface area contributed by atoms with Gasteiger partial charge in [-0.1, -0.05) is 22.6 Å². The number of ether oxygens (including phenoxy) is 1. The molecular formula is C16H19IN2O. The van der Waals surface area contributed by atoms with Gasteiger partial charge in [-0.3, -0.25) is 0 Å². The zero-order valence-electron chi connectivity index (χ0n) is 11.7. The second-order valence-corrected chi connectivity index (χ2v) is 5.75. The molecule has 1 aromatic carbocycles. The highest BCUT2D eigenvalue weighted by atomic mass is 127. The molecule has 0 aromatic heterocycles. The van der Waals surface area contributed by atoms with Gasteiger partial charge in [-0.25, -0.2) is 0 Å². The minimum absolute atomic E-state index is 0.629. The Morgan fingerprint density at radius 1 is 1.40 bits per heavy atom. The van der Waals surface area contributed by atoms with Crippen molar-refractivity contribution in [3.63, 3.8) is 0 Å². The molecule has 1 aliphatic heterocycles. The van der Waals surface area contributed by atoms with Crippen molar-refractivity contribution >= 4 is 22.6 Å². The van der Waals surface area contributed by atoms with Crippen molar-refractivity contribution < 1.29 is 4.74 Å². The van der Waals surface area contributed by atoms with Crippen molar-refractivity contribution in [2.24, 2.45) is 5.92 Å². The fourth-order valence-corrected chi connectivity index (χ4v) is 2.76. The van der Waals surface area contributed by atoms with Crippen molar-refractivity contribution in [2.45, 2.75) is 19.8 Å². The maximum atomic E-state index is 8.75. The number of benzene rings is 1. The van der Waals surface area contributed by atoms with E-state index >= 15 is 0 Å². The summed E-state index contributed by atoms with van der Waals surface area (Å²) in [7, 11) is 0. The predicted molar refractivity (Wildman–Crippen MR) is 88.7 cm³/mol. The minimum atomic E-state index is 0.629. The van der Waals surface area contributed by atoms with E-state index in [-0.39, 0.29) is 0 Å². The zero-order valence-corrected chi connectivity index (χ0v) is 13.8. The number of hydrogen-bond donors (Lipinski definition) is 0. The maximum Gasteiger partial charge on any atom is 0.119 e. The van der Waals surface area contributed by atoms with Crippen LogP contribution in [-0.4, -0.2) is 24.6 Å². The molecule has 1 fully saturated rings. The van der Waals surface area contributed by atoms with Gasteiger partial charge in [0.1, 0.15) is 5.75 Å². The van der Waals surface area contributed by atoms with Gasteiger partial charge in [0.2, 0.25) is 0 Å². The van der Waals surface area contributed by atoms with Crippen molar-refractivity contribution in [3.05, 3.63) is 39.6 Å². The zero-order chi connectivity index (χ0) is 14.4. The van der Waals surface area contributed by atoms with Crippen LogP contribution in [0.4, 0.5) is 0 Å². The molecule has 106 valence electrons. The van der Waals surface area contributed by atoms with Crippen LogP contribution in [0.1, 0.15) is 25.3 Å². The molecule has 0 aliphatic carbocycles. The van der Waals surface area contributed by atoms with Gasteiger partial charge < -0.3 is 9.64 Å². The highest BCUT2D eigenvalue weighted by Gasteiger charge is 2.19. The van der Waals surface area contributed by atoms with Crippen LogP contribution in [0.5, 0.6) is 5.75 Å². The average Bonchev–Trinajstić information content (AvgIpc) is 2.53. The van der Waals surface area contributed by atoms with E-state index in [1.165, 1.54) is 18.5 Å². The third kappa shape index (κ3) is 4.14. The summed E-state index contributed by atoms with van der Waals surface area (Å²) in [4.78, 5) is 2.44. The lowest BCUT2D eigenvalue weighted by molar-refractivity contribution is 0.164. The smallest absolute Gasteiger partial charge is 0.119 e. The van der Waals surface area contributed by atoms with Crippen molar-refractivity contribution in [2.75, 3.05) is 19.7 Å². The Hall–Kier alpha value is -1.22. The molecule has 4 heteroatoms. The first-order valence-corrected chi connectivity index (χ1v) is 8.12. The lowest BCUT2D eigenvalue weighted by atomic mass is 9.97. The minimum Gasteiger partial charge on any atom is -0.493 e. The summed E-state index contributed by atoms with van der Waals surface area (Å²) >= 11 is 2.30. The van der Waals surface area contributed by atoms with Gasteiger partial charge in [0.05, 0.1) is 18.2 Å². The van der Waals surface area contributed by atoms with Gasteiger partial charge in [0.15, 0.2) is 0 Å². The summed E-state index contributed by atoms with van der Waals surface area (Å²) < 4.78 is 7.97. The molecule has 0 saturated carbocycles. The number of hydrogen-bond acceptors (Lipinski definition) is 3. The van der Waals surface area contributed by atoms with E-state index in [2.05, 4.69) is 44.6 Å². The third-order valence-electron chi connectivity index (χ3n) is 3.74. The molecule has 1 heterocycles. The number of halogens is 1. The first-order valence-electron chi connectivity index (χ1n) is 6.88. The normalized spacial score (nSPS) is 16.9. The number of piperidine rings is 1. The average molecular weight is 382 g/mol. The molecule has 0 unspecified atom stereocenters. The Balaban J connectivity index is 1.77. The van der Waals surface area contributed by atoms with E-state index in [4.69, 9.17) is 10.00 Å². The molecule has 20 heavy (non-hydrogen) atoms. The molecule has 1 aliphatic rings. The molecule has 0 amide bonds. The summed E-state index contributed by atoms with van der Waals surface area (Å²) in [6.45, 7) is 5.17. The monoisotopic (exact) mass is 382 g/mol. The maximum absolute atomic E-state index is 8.75. The molecule has 1 saturated heterocycles. The Morgan fingerprint density at radius 3 is 2.60 bits per heavy atom. The highest BCUT2D eigenvalue weighted by molar-refractivity contribution is 14.1. The van der Waals surface area contributed by atoms with Gasteiger partial charge in [0.25, 0.3) is 0 Å². The van der Waals surface area contributed by atoms with E-state index in [1.807, 2.05) is 12.1 Å². The van der Waals surface area contributed by atoms with Gasteiger partial charge in [-0.05, 0) is 54.0 Å².